The van der Waals surface area contributed by atoms with Gasteiger partial charge in [0.15, 0.2) is 5.82 Å². The molecule has 1 atom stereocenters. The Balaban J connectivity index is 1.50. The number of piperazine rings is 1. The lowest BCUT2D eigenvalue weighted by atomic mass is 10.2. The number of halogens is 1. The molecular formula is C26H28FN5O2S. The van der Waals surface area contributed by atoms with Gasteiger partial charge in [0.2, 0.25) is 0 Å². The van der Waals surface area contributed by atoms with Gasteiger partial charge in [0, 0.05) is 31.2 Å². The summed E-state index contributed by atoms with van der Waals surface area (Å²) in [6.07, 6.45) is -0.307. The van der Waals surface area contributed by atoms with E-state index in [4.69, 9.17) is 14.7 Å². The number of carbonyl (C=O) groups is 1. The number of amides is 1. The summed E-state index contributed by atoms with van der Waals surface area (Å²) < 4.78 is 20.2. The number of fused-ring (bicyclic) bond motifs is 1. The first-order chi connectivity index (χ1) is 16.7. The quantitative estimate of drug-likeness (QED) is 0.382. The van der Waals surface area contributed by atoms with E-state index in [9.17, 15) is 9.18 Å². The van der Waals surface area contributed by atoms with Crippen LogP contribution in [0.2, 0.25) is 0 Å². The SMILES string of the molecule is C[C@@H]1CN(c2sc(-c3ccccc3F)nc2-c2nc3ccccc3[nH]2)CCN1C(=O)OC(C)(C)C. The van der Waals surface area contributed by atoms with Crippen molar-refractivity contribution in [3.05, 3.63) is 54.3 Å². The number of hydrogen-bond donors (Lipinski definition) is 1. The zero-order valence-electron chi connectivity index (χ0n) is 20.2. The van der Waals surface area contributed by atoms with Gasteiger partial charge in [0.1, 0.15) is 27.1 Å². The zero-order chi connectivity index (χ0) is 24.7. The lowest BCUT2D eigenvalue weighted by molar-refractivity contribution is 0.0159. The predicted molar refractivity (Wildman–Crippen MR) is 137 cm³/mol. The number of thiazole rings is 1. The Morgan fingerprint density at radius 2 is 1.86 bits per heavy atom. The third-order valence-corrected chi connectivity index (χ3v) is 7.02. The number of hydrogen-bond acceptors (Lipinski definition) is 6. The van der Waals surface area contributed by atoms with Crippen molar-refractivity contribution in [2.24, 2.45) is 0 Å². The first-order valence-electron chi connectivity index (χ1n) is 11.6. The molecule has 4 aromatic rings. The minimum Gasteiger partial charge on any atom is -0.444 e. The second-order valence-electron chi connectivity index (χ2n) is 9.72. The van der Waals surface area contributed by atoms with Crippen LogP contribution in [0.25, 0.3) is 33.1 Å². The maximum Gasteiger partial charge on any atom is 0.410 e. The number of nitrogens with one attached hydrogen (secondary N) is 1. The van der Waals surface area contributed by atoms with E-state index in [0.717, 1.165) is 16.0 Å². The molecule has 0 bridgehead atoms. The summed E-state index contributed by atoms with van der Waals surface area (Å²) in [4.78, 5) is 29.6. The van der Waals surface area contributed by atoms with Crippen LogP contribution in [0.1, 0.15) is 27.7 Å². The molecule has 0 saturated carbocycles. The van der Waals surface area contributed by atoms with Gasteiger partial charge in [0.05, 0.1) is 11.0 Å². The van der Waals surface area contributed by atoms with E-state index in [0.29, 0.717) is 41.7 Å². The van der Waals surface area contributed by atoms with Crippen LogP contribution in [-0.4, -0.2) is 57.2 Å². The summed E-state index contributed by atoms with van der Waals surface area (Å²) >= 11 is 1.44. The highest BCUT2D eigenvalue weighted by Crippen LogP contribution is 2.41. The average Bonchev–Trinajstić information content (AvgIpc) is 3.42. The van der Waals surface area contributed by atoms with E-state index in [1.807, 2.05) is 58.0 Å². The van der Waals surface area contributed by atoms with Gasteiger partial charge >= 0.3 is 6.09 Å². The van der Waals surface area contributed by atoms with Crippen molar-refractivity contribution in [2.45, 2.75) is 39.3 Å². The minimum atomic E-state index is -0.547. The molecule has 3 heterocycles. The van der Waals surface area contributed by atoms with Crippen molar-refractivity contribution < 1.29 is 13.9 Å². The molecule has 0 unspecified atom stereocenters. The molecule has 1 saturated heterocycles. The Labute approximate surface area is 207 Å². The van der Waals surface area contributed by atoms with Gasteiger partial charge in [-0.05, 0) is 52.0 Å². The van der Waals surface area contributed by atoms with Crippen LogP contribution < -0.4 is 4.90 Å². The second kappa shape index (κ2) is 8.96. The Hall–Kier alpha value is -3.46. The summed E-state index contributed by atoms with van der Waals surface area (Å²) in [6, 6.07) is 14.4. The fraction of sp³-hybridized carbons (Fsp3) is 0.346. The van der Waals surface area contributed by atoms with Gasteiger partial charge in [0.25, 0.3) is 0 Å². The molecule has 0 aliphatic carbocycles. The fourth-order valence-electron chi connectivity index (χ4n) is 4.23. The molecule has 9 heteroatoms. The van der Waals surface area contributed by atoms with Crippen molar-refractivity contribution in [1.82, 2.24) is 19.9 Å². The molecule has 182 valence electrons. The number of H-pyrrole nitrogens is 1. The summed E-state index contributed by atoms with van der Waals surface area (Å²) in [5.41, 5.74) is 2.35. The Morgan fingerprint density at radius 3 is 2.57 bits per heavy atom. The maximum atomic E-state index is 14.6. The van der Waals surface area contributed by atoms with E-state index >= 15 is 0 Å². The largest absolute Gasteiger partial charge is 0.444 e. The molecule has 0 radical (unpaired) electrons. The van der Waals surface area contributed by atoms with E-state index in [1.165, 1.54) is 17.4 Å². The summed E-state index contributed by atoms with van der Waals surface area (Å²) in [5.74, 6) is 0.328. The molecule has 1 N–H and O–H groups in total. The number of nitrogens with zero attached hydrogens (tertiary/aromatic N) is 4. The van der Waals surface area contributed by atoms with Crippen LogP contribution in [-0.2, 0) is 4.74 Å². The lowest BCUT2D eigenvalue weighted by Crippen LogP contribution is -2.55. The number of carbonyl (C=O) groups excluding carboxylic acids is 1. The number of ether oxygens (including phenoxy) is 1. The molecule has 1 aliphatic heterocycles. The predicted octanol–water partition coefficient (Wildman–Crippen LogP) is 5.94. The smallest absolute Gasteiger partial charge is 0.410 e. The third-order valence-electron chi connectivity index (χ3n) is 5.87. The molecule has 2 aromatic heterocycles. The Bertz CT molecular complexity index is 1340. The van der Waals surface area contributed by atoms with Crippen LogP contribution in [0.3, 0.4) is 0 Å². The maximum absolute atomic E-state index is 14.6. The molecular weight excluding hydrogens is 465 g/mol. The first-order valence-corrected chi connectivity index (χ1v) is 12.5. The van der Waals surface area contributed by atoms with E-state index in [-0.39, 0.29) is 18.0 Å². The molecule has 5 rings (SSSR count). The second-order valence-corrected chi connectivity index (χ2v) is 10.7. The number of aromatic amines is 1. The average molecular weight is 494 g/mol. The number of rotatable bonds is 3. The molecule has 1 aliphatic rings. The molecule has 35 heavy (non-hydrogen) atoms. The highest BCUT2D eigenvalue weighted by molar-refractivity contribution is 7.19. The van der Waals surface area contributed by atoms with Gasteiger partial charge in [-0.15, -0.1) is 0 Å². The number of imidazole rings is 1. The number of aromatic nitrogens is 3. The van der Waals surface area contributed by atoms with Gasteiger partial charge in [-0.25, -0.2) is 19.2 Å². The molecule has 1 fully saturated rings. The Kier molecular flexibility index (Phi) is 5.96. The molecule has 7 nitrogen and oxygen atoms in total. The van der Waals surface area contributed by atoms with E-state index in [2.05, 4.69) is 9.88 Å². The monoisotopic (exact) mass is 493 g/mol. The van der Waals surface area contributed by atoms with Crippen molar-refractivity contribution in [3.63, 3.8) is 0 Å². The number of para-hydroxylation sites is 2. The van der Waals surface area contributed by atoms with Crippen molar-refractivity contribution in [2.75, 3.05) is 24.5 Å². The fourth-order valence-corrected chi connectivity index (χ4v) is 5.36. The standard InChI is InChI=1S/C26H28FN5O2S/c1-16-15-31(13-14-32(16)25(33)34-26(2,3)4)24-21(22-28-19-11-7-8-12-20(19)29-22)30-23(35-24)17-9-5-6-10-18(17)27/h5-12,16H,13-15H2,1-4H3,(H,28,29)/t16-/m1/s1. The van der Waals surface area contributed by atoms with E-state index < -0.39 is 5.60 Å². The summed E-state index contributed by atoms with van der Waals surface area (Å²) in [7, 11) is 0. The first kappa shape index (κ1) is 23.3. The van der Waals surface area contributed by atoms with Crippen LogP contribution in [0.5, 0.6) is 0 Å². The number of anilines is 1. The van der Waals surface area contributed by atoms with Crippen LogP contribution >= 0.6 is 11.3 Å². The van der Waals surface area contributed by atoms with Crippen LogP contribution in [0.4, 0.5) is 14.2 Å². The van der Waals surface area contributed by atoms with Gasteiger partial charge in [-0.2, -0.15) is 0 Å². The third kappa shape index (κ3) is 4.73. The van der Waals surface area contributed by atoms with Crippen molar-refractivity contribution in [1.29, 1.82) is 0 Å². The molecule has 2 aromatic carbocycles. The van der Waals surface area contributed by atoms with Gasteiger partial charge < -0.3 is 19.5 Å². The summed E-state index contributed by atoms with van der Waals surface area (Å²) in [5, 5.41) is 1.49. The van der Waals surface area contributed by atoms with Crippen molar-refractivity contribution in [3.8, 4) is 22.1 Å². The highest BCUT2D eigenvalue weighted by atomic mass is 32.1. The Morgan fingerprint density at radius 1 is 1.11 bits per heavy atom. The van der Waals surface area contributed by atoms with Crippen LogP contribution in [0, 0.1) is 5.82 Å². The van der Waals surface area contributed by atoms with E-state index in [1.54, 1.807) is 17.0 Å². The zero-order valence-corrected chi connectivity index (χ0v) is 21.0. The minimum absolute atomic E-state index is 0.0684. The highest BCUT2D eigenvalue weighted by Gasteiger charge is 2.33. The van der Waals surface area contributed by atoms with Crippen molar-refractivity contribution >= 4 is 33.5 Å². The molecule has 1 amide bonds. The van der Waals surface area contributed by atoms with Gasteiger partial charge in [-0.3, -0.25) is 0 Å². The van der Waals surface area contributed by atoms with Gasteiger partial charge in [-0.1, -0.05) is 35.6 Å². The lowest BCUT2D eigenvalue weighted by Gasteiger charge is -2.40. The topological polar surface area (TPSA) is 74.4 Å². The normalized spacial score (nSPS) is 16.7. The molecule has 0 spiro atoms. The number of benzene rings is 2. The van der Waals surface area contributed by atoms with Crippen LogP contribution in [0.15, 0.2) is 48.5 Å². The summed E-state index contributed by atoms with van der Waals surface area (Å²) in [6.45, 7) is 9.34.